The summed E-state index contributed by atoms with van der Waals surface area (Å²) < 4.78 is 12.3. The summed E-state index contributed by atoms with van der Waals surface area (Å²) >= 11 is 0.403. The number of pyridine rings is 1. The Morgan fingerprint density at radius 1 is 1.43 bits per heavy atom. The fraction of sp³-hybridized carbons (Fsp3) is 0.111. The molecule has 0 radical (unpaired) electrons. The summed E-state index contributed by atoms with van der Waals surface area (Å²) in [5.41, 5.74) is 0. The van der Waals surface area contributed by atoms with Gasteiger partial charge in [-0.1, -0.05) is 0 Å². The van der Waals surface area contributed by atoms with Gasteiger partial charge < -0.3 is 0 Å². The van der Waals surface area contributed by atoms with Gasteiger partial charge in [0.25, 0.3) is 0 Å². The van der Waals surface area contributed by atoms with Crippen molar-refractivity contribution in [1.82, 2.24) is 4.98 Å². The van der Waals surface area contributed by atoms with Gasteiger partial charge in [-0.25, -0.2) is 0 Å². The number of rotatable bonds is 2. The molecule has 1 aliphatic heterocycles. The molecule has 1 aromatic rings. The van der Waals surface area contributed by atoms with Crippen LogP contribution >= 0.6 is 22.6 Å². The molecule has 2 heterocycles. The molecule has 5 heteroatoms. The topological polar surface area (TPSA) is 34.5 Å². The predicted molar refractivity (Wildman–Crippen MR) is 66.8 cm³/mol. The number of ether oxygens (including phenoxy) is 1. The molecule has 0 atom stereocenters. The fourth-order valence-electron chi connectivity index (χ4n) is 1.28. The fourth-order valence-corrected chi connectivity index (χ4v) is 9.65. The number of allylic oxidation sites excluding steroid dienone is 1. The molecule has 14 heavy (non-hydrogen) atoms. The number of aromatic nitrogens is 1. The second kappa shape index (κ2) is 4.65. The zero-order chi connectivity index (χ0) is 9.97. The van der Waals surface area contributed by atoms with Gasteiger partial charge in [0.1, 0.15) is 0 Å². The van der Waals surface area contributed by atoms with E-state index in [4.69, 9.17) is 4.74 Å². The van der Waals surface area contributed by atoms with Crippen molar-refractivity contribution in [1.29, 1.82) is 0 Å². The van der Waals surface area contributed by atoms with Gasteiger partial charge >= 0.3 is 105 Å². The zero-order valence-corrected chi connectivity index (χ0v) is 13.1. The van der Waals surface area contributed by atoms with E-state index in [9.17, 15) is 0 Å². The van der Waals surface area contributed by atoms with E-state index in [0.717, 1.165) is 0 Å². The molecule has 3 nitrogen and oxygen atoms in total. The van der Waals surface area contributed by atoms with Crippen molar-refractivity contribution >= 4 is 53.9 Å². The quantitative estimate of drug-likeness (QED) is 0.699. The van der Waals surface area contributed by atoms with Gasteiger partial charge in [-0.15, -0.1) is 0 Å². The zero-order valence-electron chi connectivity index (χ0n) is 7.64. The van der Waals surface area contributed by atoms with Gasteiger partial charge in [0.15, 0.2) is 0 Å². The number of halogens is 1. The van der Waals surface area contributed by atoms with Gasteiger partial charge in [0.05, 0.1) is 0 Å². The van der Waals surface area contributed by atoms with Gasteiger partial charge in [0, 0.05) is 0 Å². The van der Waals surface area contributed by atoms with Crippen LogP contribution in [0, 0.1) is 0 Å². The first-order chi connectivity index (χ1) is 6.81. The van der Waals surface area contributed by atoms with Crippen LogP contribution in [0.1, 0.15) is 0 Å². The SMILES string of the molecule is COc1cc[c]([In]2[N]=CC=[C]2I)cn1. The number of nitrogens with zero attached hydrogens (tertiary/aromatic N) is 2. The van der Waals surface area contributed by atoms with Gasteiger partial charge in [-0.3, -0.25) is 0 Å². The third-order valence-corrected chi connectivity index (χ3v) is 12.5. The third kappa shape index (κ3) is 2.13. The average Bonchev–Trinajstić information content (AvgIpc) is 2.65. The molecule has 0 unspecified atom stereocenters. The normalized spacial score (nSPS) is 14.4. The molecular weight excluding hydrogens is 394 g/mol. The molecule has 0 aromatic carbocycles. The minimum absolute atomic E-state index is 0.668. The Hall–Kier alpha value is -0.0399. The van der Waals surface area contributed by atoms with Crippen LogP contribution in [0.4, 0.5) is 0 Å². The Morgan fingerprint density at radius 3 is 2.79 bits per heavy atom. The average molecular weight is 402 g/mol. The summed E-state index contributed by atoms with van der Waals surface area (Å²) in [6.45, 7) is 0. The molecule has 2 rings (SSSR count). The van der Waals surface area contributed by atoms with Crippen molar-refractivity contribution in [3.05, 3.63) is 25.7 Å². The van der Waals surface area contributed by atoms with Crippen LogP contribution < -0.4 is 8.06 Å². The maximum atomic E-state index is 5.02. The van der Waals surface area contributed by atoms with E-state index < -0.39 is 21.7 Å². The Morgan fingerprint density at radius 2 is 2.29 bits per heavy atom. The molecule has 1 aliphatic rings. The van der Waals surface area contributed by atoms with Crippen molar-refractivity contribution in [3.8, 4) is 5.88 Å². The van der Waals surface area contributed by atoms with E-state index in [0.29, 0.717) is 5.88 Å². The van der Waals surface area contributed by atoms with E-state index >= 15 is 0 Å². The molecule has 0 spiro atoms. The van der Waals surface area contributed by atoms with Crippen LogP contribution in [-0.2, 0) is 0 Å². The van der Waals surface area contributed by atoms with Crippen LogP contribution in [0.5, 0.6) is 5.88 Å². The van der Waals surface area contributed by atoms with Crippen molar-refractivity contribution in [2.45, 2.75) is 0 Å². The number of hydrogen-bond acceptors (Lipinski definition) is 3. The van der Waals surface area contributed by atoms with Crippen molar-refractivity contribution in [3.63, 3.8) is 0 Å². The van der Waals surface area contributed by atoms with E-state index in [1.54, 1.807) is 7.11 Å². The summed E-state index contributed by atoms with van der Waals surface area (Å²) in [6.07, 6.45) is 5.92. The first-order valence-corrected chi connectivity index (χ1v) is 10.0. The van der Waals surface area contributed by atoms with E-state index in [-0.39, 0.29) is 0 Å². The number of methoxy groups -OCH3 is 1. The van der Waals surface area contributed by atoms with E-state index in [2.05, 4.69) is 42.7 Å². The van der Waals surface area contributed by atoms with Crippen molar-refractivity contribution in [2.24, 2.45) is 2.98 Å². The molecular formula is C9H8IInN2O. The van der Waals surface area contributed by atoms with Crippen LogP contribution in [0.15, 0.2) is 28.7 Å². The Kier molecular flexibility index (Phi) is 3.48. The third-order valence-electron chi connectivity index (χ3n) is 2.01. The Bertz CT molecular complexity index is 388. The summed E-state index contributed by atoms with van der Waals surface area (Å²) in [5, 5.41) is 0. The first kappa shape index (κ1) is 10.5. The Balaban J connectivity index is 2.25. The molecule has 1 aromatic heterocycles. The van der Waals surface area contributed by atoms with Gasteiger partial charge in [0.2, 0.25) is 0 Å². The van der Waals surface area contributed by atoms with Crippen molar-refractivity contribution < 1.29 is 4.74 Å². The second-order valence-corrected chi connectivity index (χ2v) is 14.3. The molecule has 0 aliphatic carbocycles. The summed E-state index contributed by atoms with van der Waals surface area (Å²) in [5.74, 6) is 0.668. The molecule has 70 valence electrons. The van der Waals surface area contributed by atoms with Gasteiger partial charge in [-0.05, 0) is 0 Å². The van der Waals surface area contributed by atoms with E-state index in [1.165, 1.54) is 4.66 Å². The molecule has 0 N–H and O–H groups in total. The standard InChI is InChI=1S/C6H6NO.C3H2IN.In/c1-8-6-4-2-3-5-7-6;4-2-1-3-5;/h2,4-5H,1H3;1,3H;/q;-1;+1. The first-order valence-electron chi connectivity index (χ1n) is 4.20. The summed E-state index contributed by atoms with van der Waals surface area (Å²) in [4.78, 5) is 4.20. The molecule has 0 saturated carbocycles. The van der Waals surface area contributed by atoms with Crippen LogP contribution in [0.2, 0.25) is 0 Å². The summed E-state index contributed by atoms with van der Waals surface area (Å²) in [6, 6.07) is 3.99. The van der Waals surface area contributed by atoms with Crippen molar-refractivity contribution in [2.75, 3.05) is 7.11 Å². The monoisotopic (exact) mass is 402 g/mol. The molecule has 0 bridgehead atoms. The Labute approximate surface area is 104 Å². The predicted octanol–water partition coefficient (Wildman–Crippen LogP) is 1.23. The van der Waals surface area contributed by atoms with Crippen LogP contribution in [0.25, 0.3) is 0 Å². The minimum atomic E-state index is -1.98. The summed E-state index contributed by atoms with van der Waals surface area (Å²) in [7, 11) is 1.63. The van der Waals surface area contributed by atoms with E-state index in [1.807, 2.05) is 18.5 Å². The van der Waals surface area contributed by atoms with Crippen LogP contribution in [-0.4, -0.2) is 40.0 Å². The molecule has 0 amide bonds. The number of hydrogen-bond donors (Lipinski definition) is 0. The van der Waals surface area contributed by atoms with Gasteiger partial charge in [-0.2, -0.15) is 0 Å². The van der Waals surface area contributed by atoms with Crippen LogP contribution in [0.3, 0.4) is 0 Å². The maximum absolute atomic E-state index is 5.02. The second-order valence-electron chi connectivity index (χ2n) is 2.89. The molecule has 0 saturated heterocycles. The molecule has 0 fully saturated rings.